The molecule has 1 heterocycles. The molecule has 0 saturated heterocycles. The zero-order valence-electron chi connectivity index (χ0n) is 8.13. The Balaban J connectivity index is 2.66. The smallest absolute Gasteiger partial charge is 0.0958 e. The Kier molecular flexibility index (Phi) is 3.73. The quantitative estimate of drug-likeness (QED) is 0.693. The minimum Gasteiger partial charge on any atom is -0.246 e. The monoisotopic (exact) mass is 183 g/mol. The van der Waals surface area contributed by atoms with Crippen molar-refractivity contribution in [3.8, 4) is 0 Å². The van der Waals surface area contributed by atoms with Gasteiger partial charge < -0.3 is 0 Å². The Labute approximate surface area is 78.8 Å². The summed E-state index contributed by atoms with van der Waals surface area (Å²) in [6.07, 6.45) is 3.77. The van der Waals surface area contributed by atoms with E-state index in [2.05, 4.69) is 31.1 Å². The Morgan fingerprint density at radius 1 is 1.50 bits per heavy atom. The van der Waals surface area contributed by atoms with Crippen LogP contribution in [0.15, 0.2) is 5.38 Å². The van der Waals surface area contributed by atoms with E-state index >= 15 is 0 Å². The van der Waals surface area contributed by atoms with E-state index in [-0.39, 0.29) is 0 Å². The third-order valence-corrected chi connectivity index (χ3v) is 3.24. The van der Waals surface area contributed by atoms with Gasteiger partial charge in [-0.1, -0.05) is 20.3 Å². The molecule has 12 heavy (non-hydrogen) atoms. The SMILES string of the molecule is CCCC(CC)c1nc(C)cs1. The highest BCUT2D eigenvalue weighted by molar-refractivity contribution is 7.09. The molecule has 0 spiro atoms. The lowest BCUT2D eigenvalue weighted by molar-refractivity contribution is 0.592. The summed E-state index contributed by atoms with van der Waals surface area (Å²) in [6, 6.07) is 0. The molecule has 0 aliphatic rings. The highest BCUT2D eigenvalue weighted by Crippen LogP contribution is 2.27. The number of aryl methyl sites for hydroxylation is 1. The molecule has 1 rings (SSSR count). The summed E-state index contributed by atoms with van der Waals surface area (Å²) in [7, 11) is 0. The van der Waals surface area contributed by atoms with E-state index in [9.17, 15) is 0 Å². The molecule has 0 bridgehead atoms. The van der Waals surface area contributed by atoms with Crippen molar-refractivity contribution >= 4 is 11.3 Å². The van der Waals surface area contributed by atoms with Gasteiger partial charge >= 0.3 is 0 Å². The fourth-order valence-electron chi connectivity index (χ4n) is 1.41. The Bertz CT molecular complexity index is 229. The van der Waals surface area contributed by atoms with Crippen LogP contribution in [0.5, 0.6) is 0 Å². The second-order valence-electron chi connectivity index (χ2n) is 3.22. The molecule has 0 aliphatic carbocycles. The van der Waals surface area contributed by atoms with Crippen molar-refractivity contribution in [3.05, 3.63) is 16.1 Å². The van der Waals surface area contributed by atoms with Gasteiger partial charge in [0, 0.05) is 17.0 Å². The topological polar surface area (TPSA) is 12.9 Å². The minimum absolute atomic E-state index is 0.702. The van der Waals surface area contributed by atoms with Crippen LogP contribution in [0.4, 0.5) is 0 Å². The van der Waals surface area contributed by atoms with Crippen LogP contribution in [0.1, 0.15) is 49.7 Å². The molecule has 2 heteroatoms. The average Bonchev–Trinajstić information content (AvgIpc) is 2.47. The molecular formula is C10H17NS. The van der Waals surface area contributed by atoms with Crippen molar-refractivity contribution in [3.63, 3.8) is 0 Å². The fourth-order valence-corrected chi connectivity index (χ4v) is 2.43. The van der Waals surface area contributed by atoms with E-state index in [0.29, 0.717) is 5.92 Å². The maximum Gasteiger partial charge on any atom is 0.0958 e. The molecule has 1 atom stereocenters. The van der Waals surface area contributed by atoms with Crippen LogP contribution >= 0.6 is 11.3 Å². The number of nitrogens with zero attached hydrogens (tertiary/aromatic N) is 1. The number of aromatic nitrogens is 1. The zero-order chi connectivity index (χ0) is 8.97. The summed E-state index contributed by atoms with van der Waals surface area (Å²) in [5.74, 6) is 0.702. The van der Waals surface area contributed by atoms with Crippen molar-refractivity contribution in [2.45, 2.75) is 46.0 Å². The van der Waals surface area contributed by atoms with Gasteiger partial charge in [-0.05, 0) is 19.8 Å². The lowest BCUT2D eigenvalue weighted by Gasteiger charge is -2.09. The predicted octanol–water partition coefficient (Wildman–Crippen LogP) is 3.75. The van der Waals surface area contributed by atoms with Crippen LogP contribution in [0.3, 0.4) is 0 Å². The predicted molar refractivity (Wildman–Crippen MR) is 54.8 cm³/mol. The van der Waals surface area contributed by atoms with E-state index in [0.717, 1.165) is 0 Å². The number of hydrogen-bond acceptors (Lipinski definition) is 2. The molecule has 68 valence electrons. The highest BCUT2D eigenvalue weighted by atomic mass is 32.1. The molecule has 0 radical (unpaired) electrons. The first-order valence-corrected chi connectivity index (χ1v) is 5.57. The van der Waals surface area contributed by atoms with E-state index in [1.807, 2.05) is 11.3 Å². The Hall–Kier alpha value is -0.370. The van der Waals surface area contributed by atoms with Gasteiger partial charge in [0.25, 0.3) is 0 Å². The highest BCUT2D eigenvalue weighted by Gasteiger charge is 2.11. The van der Waals surface area contributed by atoms with Gasteiger partial charge in [0.05, 0.1) is 5.01 Å². The number of hydrogen-bond donors (Lipinski definition) is 0. The molecule has 0 saturated carbocycles. The molecule has 0 amide bonds. The van der Waals surface area contributed by atoms with Crippen LogP contribution in [0.25, 0.3) is 0 Å². The molecule has 1 nitrogen and oxygen atoms in total. The first-order valence-electron chi connectivity index (χ1n) is 4.70. The van der Waals surface area contributed by atoms with Crippen LogP contribution < -0.4 is 0 Å². The molecule has 0 aliphatic heterocycles. The first-order chi connectivity index (χ1) is 5.77. The Morgan fingerprint density at radius 3 is 2.67 bits per heavy atom. The van der Waals surface area contributed by atoms with Crippen LogP contribution in [-0.2, 0) is 0 Å². The summed E-state index contributed by atoms with van der Waals surface area (Å²) >= 11 is 1.81. The third-order valence-electron chi connectivity index (χ3n) is 2.12. The van der Waals surface area contributed by atoms with Crippen molar-refractivity contribution in [2.75, 3.05) is 0 Å². The molecule has 1 aromatic heterocycles. The first kappa shape index (κ1) is 9.72. The maximum atomic E-state index is 4.52. The standard InChI is InChI=1S/C10H17NS/c1-4-6-9(5-2)10-11-8(3)7-12-10/h7,9H,4-6H2,1-3H3. The van der Waals surface area contributed by atoms with Crippen molar-refractivity contribution < 1.29 is 0 Å². The van der Waals surface area contributed by atoms with Gasteiger partial charge in [0.15, 0.2) is 0 Å². The summed E-state index contributed by atoms with van der Waals surface area (Å²) in [5, 5.41) is 3.48. The molecule has 0 fully saturated rings. The number of rotatable bonds is 4. The fraction of sp³-hybridized carbons (Fsp3) is 0.700. The number of thiazole rings is 1. The van der Waals surface area contributed by atoms with E-state index in [1.54, 1.807) is 0 Å². The average molecular weight is 183 g/mol. The van der Waals surface area contributed by atoms with Gasteiger partial charge in [-0.3, -0.25) is 0 Å². The molecule has 0 N–H and O–H groups in total. The van der Waals surface area contributed by atoms with E-state index in [1.165, 1.54) is 30.0 Å². The summed E-state index contributed by atoms with van der Waals surface area (Å²) < 4.78 is 0. The second-order valence-corrected chi connectivity index (χ2v) is 4.11. The van der Waals surface area contributed by atoms with Crippen LogP contribution in [0.2, 0.25) is 0 Å². The van der Waals surface area contributed by atoms with Gasteiger partial charge in [-0.15, -0.1) is 11.3 Å². The molecular weight excluding hydrogens is 166 g/mol. The maximum absolute atomic E-state index is 4.52. The minimum atomic E-state index is 0.702. The molecule has 1 aromatic rings. The van der Waals surface area contributed by atoms with Crippen LogP contribution in [-0.4, -0.2) is 4.98 Å². The zero-order valence-corrected chi connectivity index (χ0v) is 8.95. The van der Waals surface area contributed by atoms with E-state index in [4.69, 9.17) is 0 Å². The van der Waals surface area contributed by atoms with Gasteiger partial charge in [0.2, 0.25) is 0 Å². The third kappa shape index (κ3) is 2.31. The largest absolute Gasteiger partial charge is 0.246 e. The van der Waals surface area contributed by atoms with E-state index < -0.39 is 0 Å². The summed E-state index contributed by atoms with van der Waals surface area (Å²) in [6.45, 7) is 6.55. The van der Waals surface area contributed by atoms with Crippen molar-refractivity contribution in [2.24, 2.45) is 0 Å². The molecule has 0 aromatic carbocycles. The normalized spacial score (nSPS) is 13.2. The van der Waals surface area contributed by atoms with Gasteiger partial charge in [-0.25, -0.2) is 4.98 Å². The lowest BCUT2D eigenvalue weighted by atomic mass is 10.0. The summed E-state index contributed by atoms with van der Waals surface area (Å²) in [4.78, 5) is 4.52. The summed E-state index contributed by atoms with van der Waals surface area (Å²) in [5.41, 5.74) is 1.17. The van der Waals surface area contributed by atoms with Gasteiger partial charge in [-0.2, -0.15) is 0 Å². The van der Waals surface area contributed by atoms with Crippen LogP contribution in [0, 0.1) is 6.92 Å². The van der Waals surface area contributed by atoms with Gasteiger partial charge in [0.1, 0.15) is 0 Å². The van der Waals surface area contributed by atoms with Crippen molar-refractivity contribution in [1.82, 2.24) is 4.98 Å². The Morgan fingerprint density at radius 2 is 2.25 bits per heavy atom. The lowest BCUT2D eigenvalue weighted by Crippen LogP contribution is -1.95. The second kappa shape index (κ2) is 4.61. The molecule has 1 unspecified atom stereocenters. The van der Waals surface area contributed by atoms with Crippen molar-refractivity contribution in [1.29, 1.82) is 0 Å².